The number of ether oxygens (including phenoxy) is 1. The third kappa shape index (κ3) is 6.11. The van der Waals surface area contributed by atoms with Gasteiger partial charge in [-0.1, -0.05) is 36.3 Å². The van der Waals surface area contributed by atoms with Crippen molar-refractivity contribution in [3.8, 4) is 12.3 Å². The lowest BCUT2D eigenvalue weighted by Crippen LogP contribution is -2.64. The Hall–Kier alpha value is -2.36. The van der Waals surface area contributed by atoms with Crippen molar-refractivity contribution in [1.29, 1.82) is 0 Å². The summed E-state index contributed by atoms with van der Waals surface area (Å²) in [6.45, 7) is 12.5. The van der Waals surface area contributed by atoms with Gasteiger partial charge in [0.1, 0.15) is 12.1 Å². The molecule has 1 N–H and O–H groups in total. The van der Waals surface area contributed by atoms with Crippen LogP contribution in [0.4, 0.5) is 0 Å². The second kappa shape index (κ2) is 9.64. The maximum absolute atomic E-state index is 13.2. The maximum atomic E-state index is 13.2. The van der Waals surface area contributed by atoms with Crippen molar-refractivity contribution in [3.63, 3.8) is 0 Å². The Morgan fingerprint density at radius 3 is 2.50 bits per heavy atom. The van der Waals surface area contributed by atoms with Gasteiger partial charge in [0.05, 0.1) is 11.5 Å². The topological polar surface area (TPSA) is 61.9 Å². The standard InChI is InChI=1S/C26H37N3O3/c1-7-26(5,6)29-14-13-28(22(18-29)23(30)27-25(2,3)4)17-21-16-20(24(31)32-21)15-19-11-9-8-10-12-19/h1,8-12,20-22H,13-18H2,2-6H3,(H,27,30)/t20-,21+,22+/m1/s1. The summed E-state index contributed by atoms with van der Waals surface area (Å²) in [5, 5.41) is 3.12. The van der Waals surface area contributed by atoms with E-state index in [1.807, 2.05) is 65.0 Å². The third-order valence-corrected chi connectivity index (χ3v) is 6.36. The molecule has 0 aromatic heterocycles. The fourth-order valence-electron chi connectivity index (χ4n) is 4.50. The van der Waals surface area contributed by atoms with Crippen LogP contribution in [-0.4, -0.2) is 71.1 Å². The Morgan fingerprint density at radius 2 is 1.88 bits per heavy atom. The fraction of sp³-hybridized carbons (Fsp3) is 0.615. The van der Waals surface area contributed by atoms with E-state index < -0.39 is 5.54 Å². The average Bonchev–Trinajstić information content (AvgIpc) is 3.06. The Labute approximate surface area is 192 Å². The molecule has 174 valence electrons. The molecule has 2 aliphatic heterocycles. The summed E-state index contributed by atoms with van der Waals surface area (Å²) in [7, 11) is 0. The van der Waals surface area contributed by atoms with Crippen LogP contribution in [0.15, 0.2) is 30.3 Å². The predicted octanol–water partition coefficient (Wildman–Crippen LogP) is 2.47. The van der Waals surface area contributed by atoms with E-state index >= 15 is 0 Å². The van der Waals surface area contributed by atoms with Crippen LogP contribution in [-0.2, 0) is 20.7 Å². The molecule has 3 atom stereocenters. The van der Waals surface area contributed by atoms with E-state index in [0.717, 1.165) is 12.1 Å². The van der Waals surface area contributed by atoms with Crippen molar-refractivity contribution in [2.24, 2.45) is 5.92 Å². The number of hydrogen-bond donors (Lipinski definition) is 1. The van der Waals surface area contributed by atoms with Crippen molar-refractivity contribution >= 4 is 11.9 Å². The van der Waals surface area contributed by atoms with Gasteiger partial charge in [0.25, 0.3) is 0 Å². The van der Waals surface area contributed by atoms with Gasteiger partial charge in [-0.2, -0.15) is 0 Å². The Balaban J connectivity index is 1.68. The van der Waals surface area contributed by atoms with Crippen LogP contribution in [0.1, 0.15) is 46.6 Å². The van der Waals surface area contributed by atoms with Gasteiger partial charge in [-0.15, -0.1) is 6.42 Å². The summed E-state index contributed by atoms with van der Waals surface area (Å²) in [4.78, 5) is 30.0. The van der Waals surface area contributed by atoms with E-state index in [2.05, 4.69) is 21.0 Å². The van der Waals surface area contributed by atoms with Crippen molar-refractivity contribution < 1.29 is 14.3 Å². The van der Waals surface area contributed by atoms with Crippen LogP contribution in [0, 0.1) is 18.3 Å². The lowest BCUT2D eigenvalue weighted by Gasteiger charge is -2.46. The van der Waals surface area contributed by atoms with Gasteiger partial charge >= 0.3 is 5.97 Å². The summed E-state index contributed by atoms with van der Waals surface area (Å²) in [5.41, 5.74) is 0.392. The Kier molecular flexibility index (Phi) is 7.32. The maximum Gasteiger partial charge on any atom is 0.309 e. The molecule has 3 rings (SSSR count). The van der Waals surface area contributed by atoms with Crippen LogP contribution in [0.2, 0.25) is 0 Å². The number of benzene rings is 1. The fourth-order valence-corrected chi connectivity index (χ4v) is 4.50. The number of carbonyl (C=O) groups is 2. The average molecular weight is 440 g/mol. The highest BCUT2D eigenvalue weighted by Crippen LogP contribution is 2.27. The van der Waals surface area contributed by atoms with E-state index in [9.17, 15) is 9.59 Å². The minimum absolute atomic E-state index is 0.0137. The second-order valence-electron chi connectivity index (χ2n) is 10.6. The monoisotopic (exact) mass is 439 g/mol. The van der Waals surface area contributed by atoms with Crippen LogP contribution < -0.4 is 5.32 Å². The number of terminal acetylenes is 1. The zero-order valence-corrected chi connectivity index (χ0v) is 20.1. The first-order valence-electron chi connectivity index (χ1n) is 11.5. The molecule has 1 amide bonds. The number of nitrogens with one attached hydrogen (secondary N) is 1. The second-order valence-corrected chi connectivity index (χ2v) is 10.6. The zero-order valence-electron chi connectivity index (χ0n) is 20.1. The molecule has 6 heteroatoms. The SMILES string of the molecule is C#CC(C)(C)N1CCN(C[C@@H]2C[C@@H](Cc3ccccc3)C(=O)O2)[C@H](C(=O)NC(C)(C)C)C1. The summed E-state index contributed by atoms with van der Waals surface area (Å²) >= 11 is 0. The third-order valence-electron chi connectivity index (χ3n) is 6.36. The molecule has 2 fully saturated rings. The van der Waals surface area contributed by atoms with Gasteiger partial charge < -0.3 is 10.1 Å². The van der Waals surface area contributed by atoms with Crippen molar-refractivity contribution in [2.75, 3.05) is 26.2 Å². The van der Waals surface area contributed by atoms with Crippen LogP contribution in [0.3, 0.4) is 0 Å². The first kappa shape index (κ1) is 24.3. The number of nitrogens with zero attached hydrogens (tertiary/aromatic N) is 2. The predicted molar refractivity (Wildman–Crippen MR) is 126 cm³/mol. The summed E-state index contributed by atoms with van der Waals surface area (Å²) in [6, 6.07) is 9.69. The van der Waals surface area contributed by atoms with Gasteiger partial charge in [0.2, 0.25) is 5.91 Å². The molecule has 32 heavy (non-hydrogen) atoms. The molecule has 0 saturated carbocycles. The van der Waals surface area contributed by atoms with Gasteiger partial charge in [0, 0.05) is 31.7 Å². The van der Waals surface area contributed by atoms with Crippen molar-refractivity contribution in [2.45, 2.75) is 70.7 Å². The highest BCUT2D eigenvalue weighted by Gasteiger charge is 2.41. The first-order chi connectivity index (χ1) is 15.0. The van der Waals surface area contributed by atoms with Crippen LogP contribution in [0.5, 0.6) is 0 Å². The van der Waals surface area contributed by atoms with E-state index in [1.54, 1.807) is 0 Å². The minimum atomic E-state index is -0.424. The van der Waals surface area contributed by atoms with Gasteiger partial charge in [0.15, 0.2) is 0 Å². The lowest BCUT2D eigenvalue weighted by atomic mass is 9.95. The summed E-state index contributed by atoms with van der Waals surface area (Å²) in [5.74, 6) is 2.56. The molecule has 0 unspecified atom stereocenters. The molecule has 0 radical (unpaired) electrons. The normalized spacial score (nSPS) is 25.2. The first-order valence-corrected chi connectivity index (χ1v) is 11.5. The summed E-state index contributed by atoms with van der Waals surface area (Å²) in [6.07, 6.45) is 6.92. The number of cyclic esters (lactones) is 1. The van der Waals surface area contributed by atoms with E-state index in [-0.39, 0.29) is 35.5 Å². The molecule has 0 aliphatic carbocycles. The number of hydrogen-bond acceptors (Lipinski definition) is 5. The molecular weight excluding hydrogens is 402 g/mol. The molecule has 6 nitrogen and oxygen atoms in total. The van der Waals surface area contributed by atoms with E-state index in [0.29, 0.717) is 32.5 Å². The zero-order chi connectivity index (χ0) is 23.5. The largest absolute Gasteiger partial charge is 0.461 e. The molecule has 1 aromatic carbocycles. The van der Waals surface area contributed by atoms with E-state index in [1.165, 1.54) is 0 Å². The van der Waals surface area contributed by atoms with Crippen molar-refractivity contribution in [1.82, 2.24) is 15.1 Å². The number of esters is 1. The number of rotatable bonds is 6. The van der Waals surface area contributed by atoms with Gasteiger partial charge in [-0.3, -0.25) is 19.4 Å². The quantitative estimate of drug-likeness (QED) is 0.545. The minimum Gasteiger partial charge on any atom is -0.461 e. The Bertz CT molecular complexity index is 853. The molecule has 2 saturated heterocycles. The van der Waals surface area contributed by atoms with Gasteiger partial charge in [-0.25, -0.2) is 0 Å². The molecule has 0 spiro atoms. The molecule has 0 bridgehead atoms. The Morgan fingerprint density at radius 1 is 1.19 bits per heavy atom. The van der Waals surface area contributed by atoms with Gasteiger partial charge in [-0.05, 0) is 53.0 Å². The number of piperazine rings is 1. The lowest BCUT2D eigenvalue weighted by molar-refractivity contribution is -0.145. The smallest absolute Gasteiger partial charge is 0.309 e. The van der Waals surface area contributed by atoms with Crippen LogP contribution >= 0.6 is 0 Å². The number of amides is 1. The molecule has 2 heterocycles. The molecule has 1 aromatic rings. The molecular formula is C26H37N3O3. The summed E-state index contributed by atoms with van der Waals surface area (Å²) < 4.78 is 5.73. The highest BCUT2D eigenvalue weighted by atomic mass is 16.6. The molecule has 2 aliphatic rings. The highest BCUT2D eigenvalue weighted by molar-refractivity contribution is 5.83. The number of carbonyl (C=O) groups excluding carboxylic acids is 2. The van der Waals surface area contributed by atoms with Crippen molar-refractivity contribution in [3.05, 3.63) is 35.9 Å². The van der Waals surface area contributed by atoms with Crippen LogP contribution in [0.25, 0.3) is 0 Å². The van der Waals surface area contributed by atoms with E-state index in [4.69, 9.17) is 11.2 Å².